The molecule has 3 aromatic rings. The molecule has 0 saturated carbocycles. The number of fused-ring (bicyclic) bond motifs is 1. The molecule has 6 nitrogen and oxygen atoms in total. The third-order valence-electron chi connectivity index (χ3n) is 6.55. The van der Waals surface area contributed by atoms with Crippen LogP contribution in [0.2, 0.25) is 0 Å². The van der Waals surface area contributed by atoms with E-state index < -0.39 is 17.7 Å². The van der Waals surface area contributed by atoms with Crippen molar-refractivity contribution < 1.29 is 19.8 Å². The summed E-state index contributed by atoms with van der Waals surface area (Å²) in [6.07, 6.45) is 4.12. The maximum Gasteiger partial charge on any atom is 0.300 e. The minimum atomic E-state index is -0.885. The molecule has 1 saturated heterocycles. The molecular weight excluding hydrogens is 428 g/mol. The minimum absolute atomic E-state index is 0.00388. The van der Waals surface area contributed by atoms with E-state index in [-0.39, 0.29) is 17.1 Å². The van der Waals surface area contributed by atoms with Crippen LogP contribution in [0.4, 0.5) is 5.69 Å². The standard InChI is InChI=1S/C28H22N2O4/c29-16-17-5-11-22(12-6-17)30-25(19-9-13-23(31)14-10-19)24(27(33)28(30)34)26(32)21-8-7-18-3-1-2-4-20(18)15-21/h5-15,25,31-32H,1-4H2/b26-24-. The number of hydrogen-bond donors (Lipinski definition) is 2. The summed E-state index contributed by atoms with van der Waals surface area (Å²) in [5.74, 6) is -1.71. The zero-order chi connectivity index (χ0) is 23.8. The first kappa shape index (κ1) is 21.5. The van der Waals surface area contributed by atoms with Crippen LogP contribution in [0.1, 0.15) is 46.7 Å². The number of anilines is 1. The highest BCUT2D eigenvalue weighted by molar-refractivity contribution is 6.51. The first-order valence-corrected chi connectivity index (χ1v) is 11.2. The molecule has 1 aliphatic heterocycles. The number of benzene rings is 3. The fraction of sp³-hybridized carbons (Fsp3) is 0.179. The summed E-state index contributed by atoms with van der Waals surface area (Å²) in [4.78, 5) is 27.8. The molecule has 2 aliphatic rings. The average molecular weight is 450 g/mol. The lowest BCUT2D eigenvalue weighted by molar-refractivity contribution is -0.132. The number of Topliss-reactive ketones (excluding diaryl/α,β-unsaturated/α-hetero) is 1. The van der Waals surface area contributed by atoms with Gasteiger partial charge in [0.25, 0.3) is 11.7 Å². The van der Waals surface area contributed by atoms with Gasteiger partial charge in [-0.25, -0.2) is 0 Å². The molecule has 34 heavy (non-hydrogen) atoms. The molecule has 1 fully saturated rings. The maximum absolute atomic E-state index is 13.3. The normalized spacial score (nSPS) is 19.0. The van der Waals surface area contributed by atoms with Crippen molar-refractivity contribution >= 4 is 23.1 Å². The molecule has 5 rings (SSSR count). The SMILES string of the molecule is N#Cc1ccc(N2C(=O)C(=O)/C(=C(\O)c3ccc4c(c3)CCCC4)C2c2ccc(O)cc2)cc1. The zero-order valence-corrected chi connectivity index (χ0v) is 18.4. The molecule has 1 amide bonds. The van der Waals surface area contributed by atoms with E-state index >= 15 is 0 Å². The molecule has 0 radical (unpaired) electrons. The van der Waals surface area contributed by atoms with Gasteiger partial charge < -0.3 is 10.2 Å². The summed E-state index contributed by atoms with van der Waals surface area (Å²) in [6, 6.07) is 19.4. The number of nitrogens with zero attached hydrogens (tertiary/aromatic N) is 2. The summed E-state index contributed by atoms with van der Waals surface area (Å²) >= 11 is 0. The van der Waals surface area contributed by atoms with E-state index in [4.69, 9.17) is 5.26 Å². The number of aryl methyl sites for hydroxylation is 2. The van der Waals surface area contributed by atoms with Gasteiger partial charge in [-0.2, -0.15) is 5.26 Å². The third-order valence-corrected chi connectivity index (χ3v) is 6.55. The molecule has 0 aromatic heterocycles. The fourth-order valence-electron chi connectivity index (χ4n) is 4.80. The number of rotatable bonds is 3. The summed E-state index contributed by atoms with van der Waals surface area (Å²) in [6.45, 7) is 0. The van der Waals surface area contributed by atoms with Crippen molar-refractivity contribution in [2.75, 3.05) is 4.90 Å². The van der Waals surface area contributed by atoms with Crippen LogP contribution in [0.5, 0.6) is 5.75 Å². The molecule has 2 N–H and O–H groups in total. The van der Waals surface area contributed by atoms with Gasteiger partial charge in [0, 0.05) is 11.3 Å². The van der Waals surface area contributed by atoms with Gasteiger partial charge in [-0.1, -0.05) is 24.3 Å². The van der Waals surface area contributed by atoms with E-state index in [2.05, 4.69) is 0 Å². The van der Waals surface area contributed by atoms with Crippen molar-refractivity contribution in [1.29, 1.82) is 5.26 Å². The lowest BCUT2D eigenvalue weighted by Crippen LogP contribution is -2.29. The number of hydrogen-bond acceptors (Lipinski definition) is 5. The minimum Gasteiger partial charge on any atom is -0.508 e. The molecule has 1 atom stereocenters. The molecule has 0 bridgehead atoms. The van der Waals surface area contributed by atoms with Gasteiger partial charge in [0.1, 0.15) is 11.5 Å². The predicted molar refractivity (Wildman–Crippen MR) is 127 cm³/mol. The van der Waals surface area contributed by atoms with Gasteiger partial charge in [-0.05, 0) is 84.8 Å². The largest absolute Gasteiger partial charge is 0.508 e. The Balaban J connectivity index is 1.68. The second-order valence-corrected chi connectivity index (χ2v) is 8.61. The Bertz CT molecular complexity index is 1370. The first-order chi connectivity index (χ1) is 16.5. The molecule has 3 aromatic carbocycles. The van der Waals surface area contributed by atoms with Gasteiger partial charge in [-0.15, -0.1) is 0 Å². The predicted octanol–water partition coefficient (Wildman–Crippen LogP) is 4.77. The van der Waals surface area contributed by atoms with Gasteiger partial charge >= 0.3 is 0 Å². The van der Waals surface area contributed by atoms with Crippen molar-refractivity contribution in [3.8, 4) is 11.8 Å². The van der Waals surface area contributed by atoms with E-state index in [1.807, 2.05) is 18.2 Å². The van der Waals surface area contributed by atoms with Crippen molar-refractivity contribution in [3.05, 3.63) is 100 Å². The number of carbonyl (C=O) groups excluding carboxylic acids is 2. The van der Waals surface area contributed by atoms with Gasteiger partial charge in [0.05, 0.1) is 23.2 Å². The van der Waals surface area contributed by atoms with Crippen LogP contribution in [-0.2, 0) is 22.4 Å². The van der Waals surface area contributed by atoms with Crippen LogP contribution in [0.15, 0.2) is 72.3 Å². The maximum atomic E-state index is 13.3. The highest BCUT2D eigenvalue weighted by Gasteiger charge is 2.47. The number of aliphatic hydroxyl groups is 1. The van der Waals surface area contributed by atoms with Gasteiger partial charge in [0.15, 0.2) is 0 Å². The lowest BCUT2D eigenvalue weighted by Gasteiger charge is -2.25. The highest BCUT2D eigenvalue weighted by Crippen LogP contribution is 2.42. The van der Waals surface area contributed by atoms with Crippen LogP contribution in [0.3, 0.4) is 0 Å². The third kappa shape index (κ3) is 3.61. The van der Waals surface area contributed by atoms with E-state index in [0.29, 0.717) is 22.4 Å². The number of aliphatic hydroxyl groups excluding tert-OH is 1. The Morgan fingerprint density at radius 1 is 0.912 bits per heavy atom. The Morgan fingerprint density at radius 3 is 2.26 bits per heavy atom. The van der Waals surface area contributed by atoms with E-state index in [1.165, 1.54) is 22.6 Å². The Hall–Kier alpha value is -4.37. The van der Waals surface area contributed by atoms with Crippen molar-refractivity contribution in [2.45, 2.75) is 31.7 Å². The Morgan fingerprint density at radius 2 is 1.59 bits per heavy atom. The van der Waals surface area contributed by atoms with Crippen molar-refractivity contribution in [2.24, 2.45) is 0 Å². The van der Waals surface area contributed by atoms with Crippen LogP contribution in [0.25, 0.3) is 5.76 Å². The number of phenolic OH excluding ortho intramolecular Hbond substituents is 1. The number of carbonyl (C=O) groups is 2. The number of phenols is 1. The highest BCUT2D eigenvalue weighted by atomic mass is 16.3. The quantitative estimate of drug-likeness (QED) is 0.340. The first-order valence-electron chi connectivity index (χ1n) is 11.2. The smallest absolute Gasteiger partial charge is 0.300 e. The van der Waals surface area contributed by atoms with E-state index in [0.717, 1.165) is 31.2 Å². The Labute approximate surface area is 197 Å². The van der Waals surface area contributed by atoms with Crippen molar-refractivity contribution in [1.82, 2.24) is 0 Å². The topological polar surface area (TPSA) is 102 Å². The summed E-state index contributed by atoms with van der Waals surface area (Å²) in [5.41, 5.74) is 4.33. The number of nitriles is 1. The number of aromatic hydroxyl groups is 1. The molecule has 6 heteroatoms. The van der Waals surface area contributed by atoms with Crippen LogP contribution in [0, 0.1) is 11.3 Å². The summed E-state index contributed by atoms with van der Waals surface area (Å²) in [5, 5.41) is 30.2. The van der Waals surface area contributed by atoms with Gasteiger partial charge in [-0.3, -0.25) is 14.5 Å². The molecular formula is C28H22N2O4. The number of ketones is 1. The van der Waals surface area contributed by atoms with E-state index in [1.54, 1.807) is 42.5 Å². The molecule has 1 heterocycles. The van der Waals surface area contributed by atoms with Crippen molar-refractivity contribution in [3.63, 3.8) is 0 Å². The number of amides is 1. The molecule has 168 valence electrons. The van der Waals surface area contributed by atoms with Crippen LogP contribution in [-0.4, -0.2) is 21.9 Å². The molecule has 1 unspecified atom stereocenters. The van der Waals surface area contributed by atoms with Crippen LogP contribution < -0.4 is 4.90 Å². The second-order valence-electron chi connectivity index (χ2n) is 8.61. The lowest BCUT2D eigenvalue weighted by atomic mass is 9.88. The summed E-state index contributed by atoms with van der Waals surface area (Å²) in [7, 11) is 0. The summed E-state index contributed by atoms with van der Waals surface area (Å²) < 4.78 is 0. The average Bonchev–Trinajstić information content (AvgIpc) is 3.14. The molecule has 1 aliphatic carbocycles. The van der Waals surface area contributed by atoms with Crippen LogP contribution >= 0.6 is 0 Å². The monoisotopic (exact) mass is 450 g/mol. The fourth-order valence-corrected chi connectivity index (χ4v) is 4.80. The van der Waals surface area contributed by atoms with E-state index in [9.17, 15) is 19.8 Å². The zero-order valence-electron chi connectivity index (χ0n) is 18.4. The Kier molecular flexibility index (Phi) is 5.39. The second kappa shape index (κ2) is 8.53. The molecule has 0 spiro atoms. The van der Waals surface area contributed by atoms with Gasteiger partial charge in [0.2, 0.25) is 0 Å².